The van der Waals surface area contributed by atoms with E-state index in [1.165, 1.54) is 37.7 Å². The maximum Gasteiger partial charge on any atom is 0.0603 e. The van der Waals surface area contributed by atoms with Crippen molar-refractivity contribution in [1.29, 1.82) is 0 Å². The summed E-state index contributed by atoms with van der Waals surface area (Å²) in [4.78, 5) is 4.71. The Morgan fingerprint density at radius 2 is 1.92 bits per heavy atom. The summed E-state index contributed by atoms with van der Waals surface area (Å²) in [6.07, 6.45) is 8.67. The monoisotopic (exact) mass is 329 g/mol. The molecule has 0 aliphatic carbocycles. The number of hydrogen-bond donors (Lipinski definition) is 0. The first kappa shape index (κ1) is 19.2. The Hall–Kier alpha value is -1.15. The zero-order valence-electron chi connectivity index (χ0n) is 16.0. The molecule has 0 saturated carbocycles. The highest BCUT2D eigenvalue weighted by Crippen LogP contribution is 2.43. The Morgan fingerprint density at radius 3 is 2.58 bits per heavy atom. The summed E-state index contributed by atoms with van der Waals surface area (Å²) in [5, 5.41) is 0. The van der Waals surface area contributed by atoms with E-state index in [4.69, 9.17) is 9.73 Å². The fraction of sp³-hybridized carbons (Fsp3) is 0.682. The van der Waals surface area contributed by atoms with Crippen LogP contribution in [-0.2, 0) is 4.74 Å². The van der Waals surface area contributed by atoms with Gasteiger partial charge in [0.1, 0.15) is 0 Å². The largest absolute Gasteiger partial charge is 0.378 e. The highest BCUT2D eigenvalue weighted by molar-refractivity contribution is 5.79. The molecule has 2 nitrogen and oxygen atoms in total. The average Bonchev–Trinajstić information content (AvgIpc) is 2.58. The van der Waals surface area contributed by atoms with E-state index in [0.29, 0.717) is 17.4 Å². The maximum absolute atomic E-state index is 6.04. The van der Waals surface area contributed by atoms with Gasteiger partial charge >= 0.3 is 0 Å². The van der Waals surface area contributed by atoms with E-state index in [9.17, 15) is 0 Å². The van der Waals surface area contributed by atoms with Gasteiger partial charge in [-0.2, -0.15) is 0 Å². The zero-order valence-corrected chi connectivity index (χ0v) is 16.0. The summed E-state index contributed by atoms with van der Waals surface area (Å²) in [6, 6.07) is 10.4. The maximum atomic E-state index is 6.04. The van der Waals surface area contributed by atoms with Gasteiger partial charge in [0.25, 0.3) is 0 Å². The second-order valence-electron chi connectivity index (χ2n) is 8.24. The summed E-state index contributed by atoms with van der Waals surface area (Å²) in [7, 11) is 0. The lowest BCUT2D eigenvalue weighted by Crippen LogP contribution is -2.38. The van der Waals surface area contributed by atoms with Crippen molar-refractivity contribution in [3.63, 3.8) is 0 Å². The normalized spacial score (nSPS) is 25.0. The molecule has 2 unspecified atom stereocenters. The zero-order chi connectivity index (χ0) is 17.4. The minimum Gasteiger partial charge on any atom is -0.378 e. The minimum absolute atomic E-state index is 0.420. The second-order valence-corrected chi connectivity index (χ2v) is 8.24. The summed E-state index contributed by atoms with van der Waals surface area (Å²) in [6.45, 7) is 11.1. The van der Waals surface area contributed by atoms with Gasteiger partial charge in [0.05, 0.1) is 6.10 Å². The van der Waals surface area contributed by atoms with Crippen LogP contribution in [0.1, 0.15) is 65.4 Å². The van der Waals surface area contributed by atoms with Crippen molar-refractivity contribution in [3.05, 3.63) is 35.9 Å². The van der Waals surface area contributed by atoms with E-state index >= 15 is 0 Å². The molecule has 1 fully saturated rings. The van der Waals surface area contributed by atoms with Crippen molar-refractivity contribution in [1.82, 2.24) is 0 Å². The van der Waals surface area contributed by atoms with E-state index < -0.39 is 0 Å². The van der Waals surface area contributed by atoms with E-state index in [1.807, 2.05) is 12.3 Å². The Kier molecular flexibility index (Phi) is 7.48. The van der Waals surface area contributed by atoms with E-state index in [-0.39, 0.29) is 0 Å². The second kappa shape index (κ2) is 9.36. The number of hydrogen-bond acceptors (Lipinski definition) is 2. The van der Waals surface area contributed by atoms with Gasteiger partial charge in [0.2, 0.25) is 0 Å². The van der Waals surface area contributed by atoms with Crippen LogP contribution in [0.25, 0.3) is 0 Å². The van der Waals surface area contributed by atoms with Crippen LogP contribution >= 0.6 is 0 Å². The van der Waals surface area contributed by atoms with Crippen LogP contribution in [0.15, 0.2) is 35.3 Å². The molecule has 0 bridgehead atoms. The van der Waals surface area contributed by atoms with Gasteiger partial charge in [0, 0.05) is 19.4 Å². The summed E-state index contributed by atoms with van der Waals surface area (Å²) in [5.41, 5.74) is 1.62. The van der Waals surface area contributed by atoms with E-state index in [2.05, 4.69) is 52.0 Å². The van der Waals surface area contributed by atoms with Crippen molar-refractivity contribution < 1.29 is 4.74 Å². The fourth-order valence-electron chi connectivity index (χ4n) is 3.63. The molecule has 1 aromatic rings. The average molecular weight is 330 g/mol. The van der Waals surface area contributed by atoms with Crippen molar-refractivity contribution in [2.75, 3.05) is 13.2 Å². The van der Waals surface area contributed by atoms with E-state index in [0.717, 1.165) is 19.1 Å². The van der Waals surface area contributed by atoms with Crippen LogP contribution in [0.4, 0.5) is 0 Å². The van der Waals surface area contributed by atoms with Crippen LogP contribution < -0.4 is 0 Å². The molecule has 1 heterocycles. The molecule has 2 atom stereocenters. The molecule has 0 radical (unpaired) electrons. The number of ether oxygens (including phenoxy) is 1. The molecule has 1 aliphatic rings. The van der Waals surface area contributed by atoms with Crippen molar-refractivity contribution in [3.8, 4) is 0 Å². The molecule has 0 aromatic heterocycles. The SMILES string of the molecule is CC(C)CCC1(CCN=Cc2ccccc2)CCOC(C(C)C)C1. The third-order valence-electron chi connectivity index (χ3n) is 5.41. The minimum atomic E-state index is 0.420. The molecule has 134 valence electrons. The third kappa shape index (κ3) is 6.05. The molecule has 0 spiro atoms. The highest BCUT2D eigenvalue weighted by Gasteiger charge is 2.37. The lowest BCUT2D eigenvalue weighted by Gasteiger charge is -2.43. The van der Waals surface area contributed by atoms with Gasteiger partial charge in [-0.1, -0.05) is 64.4 Å². The molecule has 0 N–H and O–H groups in total. The standard InChI is InChI=1S/C22H35NO/c1-18(2)10-11-22(13-15-24-21(16-22)19(3)4)12-14-23-17-20-8-6-5-7-9-20/h5-9,17-19,21H,10-16H2,1-4H3. The van der Waals surface area contributed by atoms with E-state index in [1.54, 1.807) is 0 Å². The van der Waals surface area contributed by atoms with Crippen LogP contribution in [0.5, 0.6) is 0 Å². The topological polar surface area (TPSA) is 21.6 Å². The molecular formula is C22H35NO. The fourth-order valence-corrected chi connectivity index (χ4v) is 3.63. The Morgan fingerprint density at radius 1 is 1.17 bits per heavy atom. The van der Waals surface area contributed by atoms with Gasteiger partial charge < -0.3 is 4.74 Å². The molecule has 1 aliphatic heterocycles. The van der Waals surface area contributed by atoms with Crippen LogP contribution in [0, 0.1) is 17.3 Å². The number of benzene rings is 1. The number of aliphatic imine (C=N–C) groups is 1. The van der Waals surface area contributed by atoms with Crippen LogP contribution in [0.2, 0.25) is 0 Å². The third-order valence-corrected chi connectivity index (χ3v) is 5.41. The molecular weight excluding hydrogens is 294 g/mol. The first-order chi connectivity index (χ1) is 11.5. The van der Waals surface area contributed by atoms with Crippen molar-refractivity contribution in [2.24, 2.45) is 22.2 Å². The summed E-state index contributed by atoms with van der Waals surface area (Å²) < 4.78 is 6.04. The van der Waals surface area contributed by atoms with Gasteiger partial charge in [-0.25, -0.2) is 0 Å². The molecule has 24 heavy (non-hydrogen) atoms. The van der Waals surface area contributed by atoms with Crippen LogP contribution in [-0.4, -0.2) is 25.5 Å². The lowest BCUT2D eigenvalue weighted by atomic mass is 9.69. The lowest BCUT2D eigenvalue weighted by molar-refractivity contribution is -0.0755. The predicted octanol–water partition coefficient (Wildman–Crippen LogP) is 5.75. The van der Waals surface area contributed by atoms with Gasteiger partial charge in [-0.3, -0.25) is 4.99 Å². The Labute approximate surface area is 148 Å². The molecule has 2 heteroatoms. The summed E-state index contributed by atoms with van der Waals surface area (Å²) >= 11 is 0. The molecule has 1 aromatic carbocycles. The number of nitrogens with zero attached hydrogens (tertiary/aromatic N) is 1. The Balaban J connectivity index is 1.96. The van der Waals surface area contributed by atoms with Gasteiger partial charge in [-0.05, 0) is 48.5 Å². The smallest absolute Gasteiger partial charge is 0.0603 e. The van der Waals surface area contributed by atoms with Crippen molar-refractivity contribution >= 4 is 6.21 Å². The predicted molar refractivity (Wildman–Crippen MR) is 104 cm³/mol. The first-order valence-electron chi connectivity index (χ1n) is 9.67. The van der Waals surface area contributed by atoms with Crippen molar-refractivity contribution in [2.45, 2.75) is 65.9 Å². The molecule has 2 rings (SSSR count). The highest BCUT2D eigenvalue weighted by atomic mass is 16.5. The Bertz CT molecular complexity index is 494. The van der Waals surface area contributed by atoms with Crippen LogP contribution in [0.3, 0.4) is 0 Å². The van der Waals surface area contributed by atoms with Gasteiger partial charge in [0.15, 0.2) is 0 Å². The quantitative estimate of drug-likeness (QED) is 0.556. The molecule has 1 saturated heterocycles. The molecule has 0 amide bonds. The first-order valence-corrected chi connectivity index (χ1v) is 9.67. The summed E-state index contributed by atoms with van der Waals surface area (Å²) in [5.74, 6) is 1.38. The van der Waals surface area contributed by atoms with Gasteiger partial charge in [-0.15, -0.1) is 0 Å². The number of rotatable bonds is 8.